The molecule has 0 atom stereocenters. The van der Waals surface area contributed by atoms with Crippen LogP contribution in [0, 0.1) is 5.92 Å². The summed E-state index contributed by atoms with van der Waals surface area (Å²) < 4.78 is 0. The third-order valence-corrected chi connectivity index (χ3v) is 6.21. The van der Waals surface area contributed by atoms with Crippen LogP contribution < -0.4 is 10.6 Å². The van der Waals surface area contributed by atoms with Crippen molar-refractivity contribution >= 4 is 22.8 Å². The van der Waals surface area contributed by atoms with E-state index in [4.69, 9.17) is 0 Å². The smallest absolute Gasteiger partial charge is 0.253 e. The Bertz CT molecular complexity index is 849. The summed E-state index contributed by atoms with van der Waals surface area (Å²) in [5.41, 5.74) is 1.83. The first kappa shape index (κ1) is 18.9. The molecule has 8 heteroatoms. The first-order valence-electron chi connectivity index (χ1n) is 10.1. The van der Waals surface area contributed by atoms with E-state index >= 15 is 0 Å². The zero-order valence-corrected chi connectivity index (χ0v) is 16.4. The zero-order valence-electron chi connectivity index (χ0n) is 16.4. The fraction of sp³-hybridized carbons (Fsp3) is 0.600. The molecule has 1 aromatic heterocycles. The molecule has 0 saturated heterocycles. The van der Waals surface area contributed by atoms with Gasteiger partial charge >= 0.3 is 0 Å². The van der Waals surface area contributed by atoms with Gasteiger partial charge in [0.05, 0.1) is 5.56 Å². The Kier molecular flexibility index (Phi) is 5.30. The molecule has 2 aromatic rings. The number of carbonyl (C=O) groups is 2. The number of carbonyl (C=O) groups excluding carboxylic acids is 2. The molecular formula is C20H28N6O2. The van der Waals surface area contributed by atoms with Crippen LogP contribution in [0.15, 0.2) is 18.2 Å². The van der Waals surface area contributed by atoms with Gasteiger partial charge in [-0.2, -0.15) is 15.4 Å². The number of fused-ring (bicyclic) bond motifs is 1. The van der Waals surface area contributed by atoms with Gasteiger partial charge in [-0.15, -0.1) is 0 Å². The van der Waals surface area contributed by atoms with Crippen LogP contribution in [0.3, 0.4) is 0 Å². The summed E-state index contributed by atoms with van der Waals surface area (Å²) in [7, 11) is 4.13. The summed E-state index contributed by atoms with van der Waals surface area (Å²) in [5, 5.41) is 17.0. The molecule has 4 rings (SSSR count). The van der Waals surface area contributed by atoms with Gasteiger partial charge in [0.25, 0.3) is 5.91 Å². The van der Waals surface area contributed by atoms with Crippen LogP contribution in [0.5, 0.6) is 0 Å². The number of aromatic nitrogens is 3. The maximum Gasteiger partial charge on any atom is 0.253 e. The monoisotopic (exact) mass is 384 g/mol. The van der Waals surface area contributed by atoms with E-state index in [1.807, 2.05) is 12.1 Å². The summed E-state index contributed by atoms with van der Waals surface area (Å²) in [6, 6.07) is 6.30. The minimum atomic E-state index is -0.115. The average molecular weight is 384 g/mol. The van der Waals surface area contributed by atoms with Crippen LogP contribution in [0.25, 0.3) is 11.0 Å². The van der Waals surface area contributed by atoms with E-state index in [0.717, 1.165) is 38.5 Å². The van der Waals surface area contributed by atoms with Crippen molar-refractivity contribution in [3.05, 3.63) is 23.8 Å². The summed E-state index contributed by atoms with van der Waals surface area (Å²) in [6.07, 6.45) is 5.45. The second-order valence-corrected chi connectivity index (χ2v) is 8.31. The fourth-order valence-corrected chi connectivity index (χ4v) is 4.24. The van der Waals surface area contributed by atoms with Crippen molar-refractivity contribution in [3.8, 4) is 0 Å². The van der Waals surface area contributed by atoms with Crippen LogP contribution in [0.1, 0.15) is 48.9 Å². The van der Waals surface area contributed by atoms with Gasteiger partial charge in [-0.25, -0.2) is 0 Å². The Hall–Kier alpha value is -2.48. The van der Waals surface area contributed by atoms with Gasteiger partial charge in [0.15, 0.2) is 0 Å². The number of nitrogens with zero attached hydrogens (tertiary/aromatic N) is 3. The van der Waals surface area contributed by atoms with E-state index in [2.05, 4.69) is 45.0 Å². The van der Waals surface area contributed by atoms with E-state index in [9.17, 15) is 9.59 Å². The number of aromatic amines is 1. The third kappa shape index (κ3) is 3.87. The van der Waals surface area contributed by atoms with Gasteiger partial charge in [0.2, 0.25) is 5.91 Å². The fourth-order valence-electron chi connectivity index (χ4n) is 4.24. The van der Waals surface area contributed by atoms with Crippen LogP contribution >= 0.6 is 0 Å². The molecular weight excluding hydrogens is 356 g/mol. The Labute approximate surface area is 164 Å². The van der Waals surface area contributed by atoms with E-state index in [0.29, 0.717) is 22.6 Å². The highest BCUT2D eigenvalue weighted by Crippen LogP contribution is 2.31. The molecule has 1 heterocycles. The first-order valence-corrected chi connectivity index (χ1v) is 10.1. The van der Waals surface area contributed by atoms with Crippen molar-refractivity contribution in [1.29, 1.82) is 0 Å². The van der Waals surface area contributed by atoms with Crippen molar-refractivity contribution in [3.63, 3.8) is 0 Å². The lowest BCUT2D eigenvalue weighted by molar-refractivity contribution is -0.130. The molecule has 8 nitrogen and oxygen atoms in total. The third-order valence-electron chi connectivity index (χ3n) is 6.21. The van der Waals surface area contributed by atoms with Crippen molar-refractivity contribution < 1.29 is 9.59 Å². The molecule has 28 heavy (non-hydrogen) atoms. The maximum absolute atomic E-state index is 12.6. The minimum Gasteiger partial charge on any atom is -0.353 e. The molecule has 0 bridgehead atoms. The van der Waals surface area contributed by atoms with E-state index in [1.54, 1.807) is 6.07 Å². The first-order chi connectivity index (χ1) is 13.5. The highest BCUT2D eigenvalue weighted by Gasteiger charge is 2.36. The number of nitrogens with one attached hydrogen (secondary N) is 3. The van der Waals surface area contributed by atoms with Crippen molar-refractivity contribution in [2.24, 2.45) is 5.92 Å². The Morgan fingerprint density at radius 2 is 1.71 bits per heavy atom. The van der Waals surface area contributed by atoms with Gasteiger partial charge in [-0.1, -0.05) is 6.07 Å². The summed E-state index contributed by atoms with van der Waals surface area (Å²) in [4.78, 5) is 27.2. The van der Waals surface area contributed by atoms with Crippen molar-refractivity contribution in [1.82, 2.24) is 30.9 Å². The molecule has 2 aliphatic carbocycles. The average Bonchev–Trinajstić information content (AvgIpc) is 3.10. The van der Waals surface area contributed by atoms with Crippen molar-refractivity contribution in [2.45, 2.75) is 56.7 Å². The van der Waals surface area contributed by atoms with Gasteiger partial charge in [0, 0.05) is 24.0 Å². The van der Waals surface area contributed by atoms with Crippen LogP contribution in [0.2, 0.25) is 0 Å². The molecule has 0 unspecified atom stereocenters. The van der Waals surface area contributed by atoms with E-state index in [1.165, 1.54) is 0 Å². The van der Waals surface area contributed by atoms with Crippen LogP contribution in [-0.2, 0) is 4.79 Å². The standard InChI is InChI=1S/C20H28N6O2/c1-26(2)15-10-12(11-15)19(27)21-13-6-8-14(9-7-13)22-20(28)16-4-3-5-17-18(16)24-25-23-17/h3-5,12-15H,6-11H2,1-2H3,(H,21,27)(H,22,28)(H,23,24,25). The Morgan fingerprint density at radius 1 is 1.04 bits per heavy atom. The van der Waals surface area contributed by atoms with E-state index in [-0.39, 0.29) is 29.8 Å². The predicted molar refractivity (Wildman–Crippen MR) is 106 cm³/mol. The second kappa shape index (κ2) is 7.87. The number of amides is 2. The Balaban J connectivity index is 1.24. The summed E-state index contributed by atoms with van der Waals surface area (Å²) in [6.45, 7) is 0. The molecule has 0 radical (unpaired) electrons. The Morgan fingerprint density at radius 3 is 2.39 bits per heavy atom. The minimum absolute atomic E-state index is 0.115. The van der Waals surface area contributed by atoms with Gasteiger partial charge < -0.3 is 15.5 Å². The number of hydrogen-bond acceptors (Lipinski definition) is 5. The summed E-state index contributed by atoms with van der Waals surface area (Å²) >= 11 is 0. The highest BCUT2D eigenvalue weighted by atomic mass is 16.2. The number of hydrogen-bond donors (Lipinski definition) is 3. The second-order valence-electron chi connectivity index (χ2n) is 8.31. The molecule has 3 N–H and O–H groups in total. The number of benzene rings is 1. The normalized spacial score (nSPS) is 27.4. The largest absolute Gasteiger partial charge is 0.353 e. The van der Waals surface area contributed by atoms with Crippen LogP contribution in [0.4, 0.5) is 0 Å². The summed E-state index contributed by atoms with van der Waals surface area (Å²) in [5.74, 6) is 0.243. The highest BCUT2D eigenvalue weighted by molar-refractivity contribution is 6.04. The molecule has 2 saturated carbocycles. The predicted octanol–water partition coefficient (Wildman–Crippen LogP) is 1.46. The van der Waals surface area contributed by atoms with Gasteiger partial charge in [0.1, 0.15) is 11.0 Å². The molecule has 0 spiro atoms. The quantitative estimate of drug-likeness (QED) is 0.724. The molecule has 0 aliphatic heterocycles. The molecule has 2 amide bonds. The molecule has 2 fully saturated rings. The van der Waals surface area contributed by atoms with Gasteiger partial charge in [-0.3, -0.25) is 9.59 Å². The molecule has 150 valence electrons. The van der Waals surface area contributed by atoms with Crippen LogP contribution in [-0.4, -0.2) is 64.3 Å². The lowest BCUT2D eigenvalue weighted by Crippen LogP contribution is -2.50. The zero-order chi connectivity index (χ0) is 19.7. The molecule has 1 aromatic carbocycles. The maximum atomic E-state index is 12.6. The lowest BCUT2D eigenvalue weighted by atomic mass is 9.78. The molecule has 2 aliphatic rings. The number of H-pyrrole nitrogens is 1. The topological polar surface area (TPSA) is 103 Å². The number of para-hydroxylation sites is 1. The number of rotatable bonds is 5. The lowest BCUT2D eigenvalue weighted by Gasteiger charge is -2.39. The van der Waals surface area contributed by atoms with Gasteiger partial charge in [-0.05, 0) is 64.8 Å². The SMILES string of the molecule is CN(C)C1CC(C(=O)NC2CCC(NC(=O)c3cccc4n[nH]nc34)CC2)C1. The van der Waals surface area contributed by atoms with Crippen molar-refractivity contribution in [2.75, 3.05) is 14.1 Å². The van der Waals surface area contributed by atoms with E-state index < -0.39 is 0 Å².